The van der Waals surface area contributed by atoms with Gasteiger partial charge in [-0.3, -0.25) is 0 Å². The Morgan fingerprint density at radius 1 is 1.10 bits per heavy atom. The third kappa shape index (κ3) is 3.91. The van der Waals surface area contributed by atoms with Crippen LogP contribution in [0.25, 0.3) is 0 Å². The number of nitrogen functional groups attached to an aromatic ring is 1. The monoisotopic (exact) mass is 284 g/mol. The van der Waals surface area contributed by atoms with Gasteiger partial charge in [0.05, 0.1) is 6.61 Å². The number of hydrogen-bond donors (Lipinski definition) is 1. The fourth-order valence-corrected chi connectivity index (χ4v) is 2.42. The standard InChI is InChI=1S/C18H24N2O/c1-4-20(13-15-9-7-6-8-14(15)3)17-10-16(19)11-18(12-17)21-5-2/h6-12H,4-5,13,19H2,1-3H3. The quantitative estimate of drug-likeness (QED) is 0.815. The highest BCUT2D eigenvalue weighted by atomic mass is 16.5. The Morgan fingerprint density at radius 2 is 1.86 bits per heavy atom. The first-order chi connectivity index (χ1) is 10.1. The number of anilines is 2. The van der Waals surface area contributed by atoms with E-state index >= 15 is 0 Å². The molecule has 0 unspecified atom stereocenters. The number of benzene rings is 2. The summed E-state index contributed by atoms with van der Waals surface area (Å²) in [6, 6.07) is 14.4. The molecule has 0 saturated heterocycles. The van der Waals surface area contributed by atoms with Crippen molar-refractivity contribution >= 4 is 11.4 Å². The maximum absolute atomic E-state index is 6.00. The molecule has 0 bridgehead atoms. The highest BCUT2D eigenvalue weighted by Gasteiger charge is 2.09. The van der Waals surface area contributed by atoms with Crippen LogP contribution in [0, 0.1) is 6.92 Å². The number of nitrogens with zero attached hydrogens (tertiary/aromatic N) is 1. The van der Waals surface area contributed by atoms with E-state index in [2.05, 4.69) is 49.1 Å². The molecule has 0 heterocycles. The van der Waals surface area contributed by atoms with Crippen LogP contribution >= 0.6 is 0 Å². The van der Waals surface area contributed by atoms with Crippen LogP contribution in [0.4, 0.5) is 11.4 Å². The lowest BCUT2D eigenvalue weighted by molar-refractivity contribution is 0.340. The Balaban J connectivity index is 2.27. The average molecular weight is 284 g/mol. The van der Waals surface area contributed by atoms with Crippen LogP contribution in [0.3, 0.4) is 0 Å². The molecule has 0 saturated carbocycles. The zero-order valence-electron chi connectivity index (χ0n) is 13.1. The van der Waals surface area contributed by atoms with Crippen LogP contribution in [0.5, 0.6) is 5.75 Å². The van der Waals surface area contributed by atoms with Gasteiger partial charge in [-0.1, -0.05) is 24.3 Å². The van der Waals surface area contributed by atoms with E-state index in [1.54, 1.807) is 0 Å². The van der Waals surface area contributed by atoms with Crippen molar-refractivity contribution in [1.82, 2.24) is 0 Å². The van der Waals surface area contributed by atoms with Gasteiger partial charge in [-0.25, -0.2) is 0 Å². The van der Waals surface area contributed by atoms with Crippen LogP contribution in [0.15, 0.2) is 42.5 Å². The molecule has 0 aliphatic rings. The first-order valence-corrected chi connectivity index (χ1v) is 7.46. The zero-order chi connectivity index (χ0) is 15.2. The van der Waals surface area contributed by atoms with Gasteiger partial charge in [0.1, 0.15) is 5.75 Å². The third-order valence-electron chi connectivity index (χ3n) is 3.59. The van der Waals surface area contributed by atoms with Crippen LogP contribution in [0.1, 0.15) is 25.0 Å². The summed E-state index contributed by atoms with van der Waals surface area (Å²) in [6.45, 7) is 8.72. The fraction of sp³-hybridized carbons (Fsp3) is 0.333. The first-order valence-electron chi connectivity index (χ1n) is 7.46. The van der Waals surface area contributed by atoms with E-state index in [4.69, 9.17) is 10.5 Å². The van der Waals surface area contributed by atoms with Gasteiger partial charge in [0.2, 0.25) is 0 Å². The maximum atomic E-state index is 6.00. The normalized spacial score (nSPS) is 10.4. The SMILES string of the molecule is CCOc1cc(N)cc(N(CC)Cc2ccccc2C)c1. The Labute approximate surface area is 127 Å². The second-order valence-corrected chi connectivity index (χ2v) is 5.13. The van der Waals surface area contributed by atoms with Crippen molar-refractivity contribution in [2.75, 3.05) is 23.8 Å². The number of nitrogens with two attached hydrogens (primary N) is 1. The van der Waals surface area contributed by atoms with Gasteiger partial charge in [0.15, 0.2) is 0 Å². The molecule has 21 heavy (non-hydrogen) atoms. The molecule has 0 atom stereocenters. The minimum absolute atomic E-state index is 0.646. The van der Waals surface area contributed by atoms with E-state index in [0.29, 0.717) is 6.61 Å². The van der Waals surface area contributed by atoms with Crippen molar-refractivity contribution in [3.05, 3.63) is 53.6 Å². The molecule has 112 valence electrons. The molecule has 3 heteroatoms. The largest absolute Gasteiger partial charge is 0.494 e. The Bertz CT molecular complexity index is 596. The number of aryl methyl sites for hydroxylation is 1. The molecule has 0 aromatic heterocycles. The van der Waals surface area contributed by atoms with Crippen LogP contribution < -0.4 is 15.4 Å². The number of hydrogen-bond acceptors (Lipinski definition) is 3. The van der Waals surface area contributed by atoms with Gasteiger partial charge in [-0.05, 0) is 38.0 Å². The fourth-order valence-electron chi connectivity index (χ4n) is 2.42. The lowest BCUT2D eigenvalue weighted by Gasteiger charge is -2.25. The summed E-state index contributed by atoms with van der Waals surface area (Å²) in [7, 11) is 0. The molecule has 0 aliphatic carbocycles. The van der Waals surface area contributed by atoms with E-state index in [1.165, 1.54) is 11.1 Å². The lowest BCUT2D eigenvalue weighted by atomic mass is 10.1. The van der Waals surface area contributed by atoms with Crippen molar-refractivity contribution in [3.63, 3.8) is 0 Å². The summed E-state index contributed by atoms with van der Waals surface area (Å²) in [4.78, 5) is 2.31. The molecular formula is C18H24N2O. The molecule has 2 rings (SSSR count). The molecule has 0 amide bonds. The van der Waals surface area contributed by atoms with Gasteiger partial charge in [-0.15, -0.1) is 0 Å². The van der Waals surface area contributed by atoms with E-state index in [0.717, 1.165) is 30.2 Å². The minimum Gasteiger partial charge on any atom is -0.494 e. The highest BCUT2D eigenvalue weighted by Crippen LogP contribution is 2.27. The molecule has 2 aromatic rings. The summed E-state index contributed by atoms with van der Waals surface area (Å²) in [5, 5.41) is 0. The van der Waals surface area contributed by atoms with E-state index in [1.807, 2.05) is 19.1 Å². The summed E-state index contributed by atoms with van der Waals surface area (Å²) < 4.78 is 5.59. The summed E-state index contributed by atoms with van der Waals surface area (Å²) in [5.41, 5.74) is 10.5. The molecule has 0 aliphatic heterocycles. The van der Waals surface area contributed by atoms with Gasteiger partial charge in [0, 0.05) is 36.6 Å². The second-order valence-electron chi connectivity index (χ2n) is 5.13. The Morgan fingerprint density at radius 3 is 2.52 bits per heavy atom. The highest BCUT2D eigenvalue weighted by molar-refractivity contribution is 5.60. The molecule has 2 N–H and O–H groups in total. The Hall–Kier alpha value is -2.16. The summed E-state index contributed by atoms with van der Waals surface area (Å²) >= 11 is 0. The van der Waals surface area contributed by atoms with Crippen LogP contribution in [0.2, 0.25) is 0 Å². The smallest absolute Gasteiger partial charge is 0.123 e. The number of rotatable bonds is 6. The summed E-state index contributed by atoms with van der Waals surface area (Å²) in [5.74, 6) is 0.829. The number of ether oxygens (including phenoxy) is 1. The zero-order valence-corrected chi connectivity index (χ0v) is 13.1. The molecule has 0 fully saturated rings. The molecule has 2 aromatic carbocycles. The predicted octanol–water partition coefficient (Wildman–Crippen LogP) is 4.00. The third-order valence-corrected chi connectivity index (χ3v) is 3.59. The van der Waals surface area contributed by atoms with Gasteiger partial charge in [-0.2, -0.15) is 0 Å². The molecule has 3 nitrogen and oxygen atoms in total. The van der Waals surface area contributed by atoms with E-state index in [9.17, 15) is 0 Å². The Kier molecular flexibility index (Phi) is 5.09. The molecular weight excluding hydrogens is 260 g/mol. The van der Waals surface area contributed by atoms with Gasteiger partial charge in [0.25, 0.3) is 0 Å². The van der Waals surface area contributed by atoms with Crippen LogP contribution in [-0.2, 0) is 6.54 Å². The molecule has 0 radical (unpaired) electrons. The van der Waals surface area contributed by atoms with Crippen molar-refractivity contribution in [2.45, 2.75) is 27.3 Å². The topological polar surface area (TPSA) is 38.5 Å². The minimum atomic E-state index is 0.646. The molecule has 0 spiro atoms. The van der Waals surface area contributed by atoms with Crippen LogP contribution in [-0.4, -0.2) is 13.2 Å². The van der Waals surface area contributed by atoms with Crippen molar-refractivity contribution in [3.8, 4) is 5.75 Å². The second kappa shape index (κ2) is 7.02. The first kappa shape index (κ1) is 15.2. The maximum Gasteiger partial charge on any atom is 0.123 e. The predicted molar refractivity (Wildman–Crippen MR) is 89.9 cm³/mol. The van der Waals surface area contributed by atoms with E-state index in [-0.39, 0.29) is 0 Å². The average Bonchev–Trinajstić information content (AvgIpc) is 2.46. The summed E-state index contributed by atoms with van der Waals surface area (Å²) in [6.07, 6.45) is 0. The van der Waals surface area contributed by atoms with Crippen molar-refractivity contribution < 1.29 is 4.74 Å². The van der Waals surface area contributed by atoms with Crippen molar-refractivity contribution in [1.29, 1.82) is 0 Å². The van der Waals surface area contributed by atoms with Crippen molar-refractivity contribution in [2.24, 2.45) is 0 Å². The lowest BCUT2D eigenvalue weighted by Crippen LogP contribution is -2.22. The van der Waals surface area contributed by atoms with Gasteiger partial charge >= 0.3 is 0 Å². The van der Waals surface area contributed by atoms with Gasteiger partial charge < -0.3 is 15.4 Å². The van der Waals surface area contributed by atoms with E-state index < -0.39 is 0 Å².